The number of halogens is 3. The molecule has 82 valence electrons. The van der Waals surface area contributed by atoms with Crippen LogP contribution in [0.5, 0.6) is 5.75 Å². The number of rotatable bonds is 3. The third kappa shape index (κ3) is 3.84. The second kappa shape index (κ2) is 4.16. The number of hydrogen-bond donors (Lipinski definition) is 1. The largest absolute Gasteiger partial charge is 0.484 e. The second-order valence-corrected chi connectivity index (χ2v) is 2.64. The van der Waals surface area contributed by atoms with Gasteiger partial charge >= 0.3 is 6.18 Å². The minimum atomic E-state index is -4.42. The molecule has 1 heterocycles. The molecule has 0 bridgehead atoms. The summed E-state index contributed by atoms with van der Waals surface area (Å²) in [6.07, 6.45) is -3.28. The van der Waals surface area contributed by atoms with E-state index in [0.717, 1.165) is 12.3 Å². The van der Waals surface area contributed by atoms with Crippen LogP contribution < -0.4 is 10.5 Å². The Bertz CT molecular complexity index is 365. The first-order valence-electron chi connectivity index (χ1n) is 3.84. The molecule has 0 spiro atoms. The van der Waals surface area contributed by atoms with Gasteiger partial charge in [-0.15, -0.1) is 0 Å². The number of nitrogens with two attached hydrogens (primary N) is 1. The number of amides is 1. The van der Waals surface area contributed by atoms with Crippen molar-refractivity contribution in [2.24, 2.45) is 5.73 Å². The zero-order valence-corrected chi connectivity index (χ0v) is 7.41. The fourth-order valence-electron chi connectivity index (χ4n) is 0.801. The molecule has 0 aliphatic rings. The molecule has 0 fully saturated rings. The molecule has 2 N–H and O–H groups in total. The van der Waals surface area contributed by atoms with Gasteiger partial charge in [0.1, 0.15) is 11.4 Å². The maximum absolute atomic E-state index is 11.8. The first kappa shape index (κ1) is 11.3. The molecule has 1 amide bonds. The lowest BCUT2D eigenvalue weighted by Crippen LogP contribution is -2.19. The Hall–Kier alpha value is -1.79. The summed E-state index contributed by atoms with van der Waals surface area (Å²) >= 11 is 0. The van der Waals surface area contributed by atoms with E-state index in [-0.39, 0.29) is 11.4 Å². The molecule has 0 saturated carbocycles. The van der Waals surface area contributed by atoms with Crippen LogP contribution >= 0.6 is 0 Å². The number of pyridine rings is 1. The molecule has 0 aromatic carbocycles. The maximum Gasteiger partial charge on any atom is 0.422 e. The Balaban J connectivity index is 2.70. The summed E-state index contributed by atoms with van der Waals surface area (Å²) in [6.45, 7) is -1.42. The average molecular weight is 220 g/mol. The second-order valence-electron chi connectivity index (χ2n) is 2.64. The molecule has 0 atom stereocenters. The van der Waals surface area contributed by atoms with Crippen LogP contribution in [0, 0.1) is 0 Å². The molecule has 15 heavy (non-hydrogen) atoms. The first-order chi connectivity index (χ1) is 6.88. The summed E-state index contributed by atoms with van der Waals surface area (Å²) in [7, 11) is 0. The highest BCUT2D eigenvalue weighted by molar-refractivity contribution is 5.91. The normalized spacial score (nSPS) is 11.1. The number of ether oxygens (including phenoxy) is 1. The van der Waals surface area contributed by atoms with Crippen molar-refractivity contribution in [3.8, 4) is 5.75 Å². The number of alkyl halides is 3. The Kier molecular flexibility index (Phi) is 3.13. The highest BCUT2D eigenvalue weighted by Crippen LogP contribution is 2.18. The lowest BCUT2D eigenvalue weighted by molar-refractivity contribution is -0.153. The zero-order chi connectivity index (χ0) is 11.5. The van der Waals surface area contributed by atoms with Crippen LogP contribution in [0.2, 0.25) is 0 Å². The van der Waals surface area contributed by atoms with Crippen LogP contribution in [0.4, 0.5) is 13.2 Å². The Labute approximate surface area is 82.9 Å². The molecule has 1 aromatic rings. The van der Waals surface area contributed by atoms with E-state index in [4.69, 9.17) is 5.73 Å². The number of carbonyl (C=O) groups is 1. The first-order valence-corrected chi connectivity index (χ1v) is 3.84. The van der Waals surface area contributed by atoms with Crippen molar-refractivity contribution in [3.63, 3.8) is 0 Å². The van der Waals surface area contributed by atoms with E-state index >= 15 is 0 Å². The predicted octanol–water partition coefficient (Wildman–Crippen LogP) is 1.12. The number of nitrogens with zero attached hydrogens (tertiary/aromatic N) is 1. The quantitative estimate of drug-likeness (QED) is 0.830. The van der Waals surface area contributed by atoms with Gasteiger partial charge in [0.25, 0.3) is 5.91 Å². The average Bonchev–Trinajstić information content (AvgIpc) is 2.14. The van der Waals surface area contributed by atoms with E-state index in [9.17, 15) is 18.0 Å². The summed E-state index contributed by atoms with van der Waals surface area (Å²) in [5, 5.41) is 0. The fourth-order valence-corrected chi connectivity index (χ4v) is 0.801. The third-order valence-electron chi connectivity index (χ3n) is 1.39. The minimum Gasteiger partial charge on any atom is -0.484 e. The van der Waals surface area contributed by atoms with E-state index in [2.05, 4.69) is 9.72 Å². The lowest BCUT2D eigenvalue weighted by Gasteiger charge is -2.08. The van der Waals surface area contributed by atoms with Crippen LogP contribution in [-0.4, -0.2) is 23.7 Å². The minimum absolute atomic E-state index is 0.101. The van der Waals surface area contributed by atoms with Crippen LogP contribution in [0.15, 0.2) is 18.3 Å². The van der Waals surface area contributed by atoms with Gasteiger partial charge in [-0.1, -0.05) is 0 Å². The van der Waals surface area contributed by atoms with Crippen LogP contribution in [0.25, 0.3) is 0 Å². The van der Waals surface area contributed by atoms with Crippen molar-refractivity contribution in [1.29, 1.82) is 0 Å². The number of carbonyl (C=O) groups excluding carboxylic acids is 1. The van der Waals surface area contributed by atoms with Gasteiger partial charge in [0.05, 0.1) is 0 Å². The van der Waals surface area contributed by atoms with E-state index in [1.165, 1.54) is 6.07 Å². The molecule has 1 aromatic heterocycles. The Morgan fingerprint density at radius 3 is 2.73 bits per heavy atom. The lowest BCUT2D eigenvalue weighted by atomic mass is 10.3. The standard InChI is InChI=1S/C8H7F3N2O2/c9-8(10,11)4-15-5-1-2-13-6(3-5)7(12)14/h1-3H,4H2,(H2,12,14). The van der Waals surface area contributed by atoms with Crippen molar-refractivity contribution in [1.82, 2.24) is 4.98 Å². The third-order valence-corrected chi connectivity index (χ3v) is 1.39. The fraction of sp³-hybridized carbons (Fsp3) is 0.250. The molecule has 0 aliphatic carbocycles. The van der Waals surface area contributed by atoms with Crippen molar-refractivity contribution in [3.05, 3.63) is 24.0 Å². The van der Waals surface area contributed by atoms with Crippen LogP contribution in [0.3, 0.4) is 0 Å². The summed E-state index contributed by atoms with van der Waals surface area (Å²) in [4.78, 5) is 14.2. The van der Waals surface area contributed by atoms with Gasteiger partial charge in [0, 0.05) is 12.3 Å². The number of hydrogen-bond acceptors (Lipinski definition) is 3. The molecular weight excluding hydrogens is 213 g/mol. The van der Waals surface area contributed by atoms with E-state index < -0.39 is 18.7 Å². The zero-order valence-electron chi connectivity index (χ0n) is 7.41. The van der Waals surface area contributed by atoms with Gasteiger partial charge in [0.15, 0.2) is 6.61 Å². The van der Waals surface area contributed by atoms with Crippen LogP contribution in [-0.2, 0) is 0 Å². The van der Waals surface area contributed by atoms with Gasteiger partial charge in [-0.05, 0) is 6.07 Å². The van der Waals surface area contributed by atoms with Crippen molar-refractivity contribution < 1.29 is 22.7 Å². The van der Waals surface area contributed by atoms with E-state index in [1.54, 1.807) is 0 Å². The topological polar surface area (TPSA) is 65.2 Å². The summed E-state index contributed by atoms with van der Waals surface area (Å²) in [5.74, 6) is -0.927. The highest BCUT2D eigenvalue weighted by Gasteiger charge is 2.28. The van der Waals surface area contributed by atoms with Gasteiger partial charge in [-0.25, -0.2) is 0 Å². The summed E-state index contributed by atoms with van der Waals surface area (Å²) in [6, 6.07) is 2.26. The Morgan fingerprint density at radius 1 is 1.53 bits per heavy atom. The molecule has 7 heteroatoms. The highest BCUT2D eigenvalue weighted by atomic mass is 19.4. The molecule has 0 radical (unpaired) electrons. The SMILES string of the molecule is NC(=O)c1cc(OCC(F)(F)F)ccn1. The molecule has 0 unspecified atom stereocenters. The van der Waals surface area contributed by atoms with Crippen molar-refractivity contribution in [2.45, 2.75) is 6.18 Å². The monoisotopic (exact) mass is 220 g/mol. The van der Waals surface area contributed by atoms with Crippen molar-refractivity contribution >= 4 is 5.91 Å². The maximum atomic E-state index is 11.8. The van der Waals surface area contributed by atoms with Gasteiger partial charge in [-0.3, -0.25) is 9.78 Å². The molecular formula is C8H7F3N2O2. The molecule has 1 rings (SSSR count). The molecule has 0 saturated heterocycles. The van der Waals surface area contributed by atoms with E-state index in [1.807, 2.05) is 0 Å². The van der Waals surface area contributed by atoms with Gasteiger partial charge in [-0.2, -0.15) is 13.2 Å². The smallest absolute Gasteiger partial charge is 0.422 e. The van der Waals surface area contributed by atoms with Gasteiger partial charge in [0.2, 0.25) is 0 Å². The van der Waals surface area contributed by atoms with Crippen molar-refractivity contribution in [2.75, 3.05) is 6.61 Å². The summed E-state index contributed by atoms with van der Waals surface area (Å²) in [5.41, 5.74) is 4.74. The summed E-state index contributed by atoms with van der Waals surface area (Å²) < 4.78 is 39.7. The molecule has 4 nitrogen and oxygen atoms in total. The van der Waals surface area contributed by atoms with Gasteiger partial charge < -0.3 is 10.5 Å². The predicted molar refractivity (Wildman–Crippen MR) is 44.3 cm³/mol. The Morgan fingerprint density at radius 2 is 2.20 bits per heavy atom. The number of aromatic nitrogens is 1. The van der Waals surface area contributed by atoms with E-state index in [0.29, 0.717) is 0 Å². The molecule has 0 aliphatic heterocycles. The van der Waals surface area contributed by atoms with Crippen LogP contribution in [0.1, 0.15) is 10.5 Å². The number of primary amides is 1.